The Hall–Kier alpha value is 0.270. The molecule has 0 spiro atoms. The van der Waals surface area contributed by atoms with Crippen LogP contribution >= 0.6 is 12.6 Å². The van der Waals surface area contributed by atoms with Gasteiger partial charge in [0.05, 0.1) is 0 Å². The molecule has 0 fully saturated rings. The van der Waals surface area contributed by atoms with Gasteiger partial charge in [0, 0.05) is 18.3 Å². The van der Waals surface area contributed by atoms with Crippen molar-refractivity contribution >= 4 is 12.6 Å². The van der Waals surface area contributed by atoms with Gasteiger partial charge >= 0.3 is 0 Å². The molecule has 86 valence electrons. The van der Waals surface area contributed by atoms with Crippen molar-refractivity contribution in [2.24, 2.45) is 0 Å². The fourth-order valence-corrected chi connectivity index (χ4v) is 2.08. The Morgan fingerprint density at radius 1 is 0.786 bits per heavy atom. The molecule has 0 N–H and O–H groups in total. The van der Waals surface area contributed by atoms with E-state index in [1.54, 1.807) is 0 Å². The van der Waals surface area contributed by atoms with Crippen molar-refractivity contribution in [2.75, 3.05) is 39.3 Å². The fourth-order valence-electron chi connectivity index (χ4n) is 1.62. The summed E-state index contributed by atoms with van der Waals surface area (Å²) in [5.41, 5.74) is 0. The SMILES string of the molecule is CCN(CC)CC(S)CN(CC)CC. The van der Waals surface area contributed by atoms with Gasteiger partial charge in [-0.1, -0.05) is 27.7 Å². The third-order valence-electron chi connectivity index (χ3n) is 2.73. The summed E-state index contributed by atoms with van der Waals surface area (Å²) < 4.78 is 0. The molecule has 0 aliphatic heterocycles. The summed E-state index contributed by atoms with van der Waals surface area (Å²) in [4.78, 5) is 4.86. The van der Waals surface area contributed by atoms with Crippen LogP contribution in [0.2, 0.25) is 0 Å². The van der Waals surface area contributed by atoms with Gasteiger partial charge in [0.15, 0.2) is 0 Å². The molecule has 0 aromatic rings. The smallest absolute Gasteiger partial charge is 0.0272 e. The zero-order valence-corrected chi connectivity index (χ0v) is 11.1. The van der Waals surface area contributed by atoms with E-state index in [1.807, 2.05) is 0 Å². The van der Waals surface area contributed by atoms with Crippen molar-refractivity contribution in [3.8, 4) is 0 Å². The van der Waals surface area contributed by atoms with E-state index in [2.05, 4.69) is 50.1 Å². The minimum atomic E-state index is 0.481. The Balaban J connectivity index is 3.77. The highest BCUT2D eigenvalue weighted by Gasteiger charge is 2.10. The zero-order chi connectivity index (χ0) is 11.0. The van der Waals surface area contributed by atoms with Crippen molar-refractivity contribution in [3.05, 3.63) is 0 Å². The molecule has 0 bridgehead atoms. The first-order valence-electron chi connectivity index (χ1n) is 5.80. The predicted molar refractivity (Wildman–Crippen MR) is 68.4 cm³/mol. The number of hydrogen-bond donors (Lipinski definition) is 1. The third kappa shape index (κ3) is 5.89. The number of rotatable bonds is 8. The summed E-state index contributed by atoms with van der Waals surface area (Å²) in [6.45, 7) is 15.6. The Bertz CT molecular complexity index is 108. The van der Waals surface area contributed by atoms with E-state index in [0.717, 1.165) is 39.3 Å². The lowest BCUT2D eigenvalue weighted by Gasteiger charge is -2.26. The van der Waals surface area contributed by atoms with Crippen LogP contribution < -0.4 is 0 Å². The normalized spacial score (nSPS) is 12.0. The molecule has 0 atom stereocenters. The minimum Gasteiger partial charge on any atom is -0.303 e. The molecular formula is C11H26N2S. The van der Waals surface area contributed by atoms with Gasteiger partial charge in [-0.15, -0.1) is 0 Å². The Kier molecular flexibility index (Phi) is 8.73. The third-order valence-corrected chi connectivity index (χ3v) is 3.05. The van der Waals surface area contributed by atoms with E-state index < -0.39 is 0 Å². The quantitative estimate of drug-likeness (QED) is 0.622. The molecule has 0 aliphatic rings. The summed E-state index contributed by atoms with van der Waals surface area (Å²) in [6, 6.07) is 0. The van der Waals surface area contributed by atoms with Crippen LogP contribution in [0.1, 0.15) is 27.7 Å². The molecule has 0 heterocycles. The molecule has 0 aliphatic carbocycles. The van der Waals surface area contributed by atoms with Crippen molar-refractivity contribution < 1.29 is 0 Å². The van der Waals surface area contributed by atoms with E-state index in [0.29, 0.717) is 5.25 Å². The Morgan fingerprint density at radius 2 is 1.07 bits per heavy atom. The maximum Gasteiger partial charge on any atom is 0.0272 e. The van der Waals surface area contributed by atoms with Gasteiger partial charge in [-0.25, -0.2) is 0 Å². The number of hydrogen-bond acceptors (Lipinski definition) is 3. The molecule has 2 nitrogen and oxygen atoms in total. The molecule has 0 saturated heterocycles. The van der Waals surface area contributed by atoms with E-state index in [1.165, 1.54) is 0 Å². The zero-order valence-electron chi connectivity index (χ0n) is 10.2. The molecule has 0 aromatic heterocycles. The van der Waals surface area contributed by atoms with Crippen LogP contribution in [0.4, 0.5) is 0 Å². The average Bonchev–Trinajstić information content (AvgIpc) is 2.22. The number of thiol groups is 1. The van der Waals surface area contributed by atoms with E-state index in [4.69, 9.17) is 0 Å². The first kappa shape index (κ1) is 14.3. The molecule has 0 radical (unpaired) electrons. The van der Waals surface area contributed by atoms with Crippen LogP contribution in [-0.2, 0) is 0 Å². The van der Waals surface area contributed by atoms with Gasteiger partial charge in [0.2, 0.25) is 0 Å². The highest BCUT2D eigenvalue weighted by Crippen LogP contribution is 2.02. The summed E-state index contributed by atoms with van der Waals surface area (Å²) in [5.74, 6) is 0. The Morgan fingerprint density at radius 3 is 1.29 bits per heavy atom. The second-order valence-electron chi connectivity index (χ2n) is 3.63. The highest BCUT2D eigenvalue weighted by molar-refractivity contribution is 7.81. The first-order valence-corrected chi connectivity index (χ1v) is 6.32. The van der Waals surface area contributed by atoms with Gasteiger partial charge in [0.25, 0.3) is 0 Å². The monoisotopic (exact) mass is 218 g/mol. The van der Waals surface area contributed by atoms with Crippen LogP contribution in [0.3, 0.4) is 0 Å². The maximum atomic E-state index is 4.64. The molecule has 0 rings (SSSR count). The van der Waals surface area contributed by atoms with E-state index >= 15 is 0 Å². The van der Waals surface area contributed by atoms with Crippen molar-refractivity contribution in [1.82, 2.24) is 9.80 Å². The minimum absolute atomic E-state index is 0.481. The van der Waals surface area contributed by atoms with Gasteiger partial charge < -0.3 is 9.80 Å². The largest absolute Gasteiger partial charge is 0.303 e. The van der Waals surface area contributed by atoms with E-state index in [9.17, 15) is 0 Å². The molecule has 0 unspecified atom stereocenters. The fraction of sp³-hybridized carbons (Fsp3) is 1.00. The van der Waals surface area contributed by atoms with E-state index in [-0.39, 0.29) is 0 Å². The van der Waals surface area contributed by atoms with Gasteiger partial charge in [-0.3, -0.25) is 0 Å². The molecule has 0 aromatic carbocycles. The predicted octanol–water partition coefficient (Wildman–Crippen LogP) is 1.97. The van der Waals surface area contributed by atoms with Crippen LogP contribution in [0.5, 0.6) is 0 Å². The average molecular weight is 218 g/mol. The summed E-state index contributed by atoms with van der Waals surface area (Å²) in [7, 11) is 0. The van der Waals surface area contributed by atoms with Crippen molar-refractivity contribution in [2.45, 2.75) is 32.9 Å². The van der Waals surface area contributed by atoms with Gasteiger partial charge in [0.1, 0.15) is 0 Å². The molecule has 0 saturated carbocycles. The molecule has 0 amide bonds. The van der Waals surface area contributed by atoms with Gasteiger partial charge in [-0.05, 0) is 26.2 Å². The second-order valence-corrected chi connectivity index (χ2v) is 4.36. The van der Waals surface area contributed by atoms with Crippen molar-refractivity contribution in [3.63, 3.8) is 0 Å². The number of nitrogens with zero attached hydrogens (tertiary/aromatic N) is 2. The lowest BCUT2D eigenvalue weighted by Crippen LogP contribution is -2.37. The molecule has 14 heavy (non-hydrogen) atoms. The van der Waals surface area contributed by atoms with Gasteiger partial charge in [-0.2, -0.15) is 12.6 Å². The standard InChI is InChI=1S/C11H26N2S/c1-5-12(6-2)9-11(14)10-13(7-3)8-4/h11,14H,5-10H2,1-4H3. The van der Waals surface area contributed by atoms with Crippen LogP contribution in [0.25, 0.3) is 0 Å². The van der Waals surface area contributed by atoms with Crippen LogP contribution in [-0.4, -0.2) is 54.3 Å². The highest BCUT2D eigenvalue weighted by atomic mass is 32.1. The lowest BCUT2D eigenvalue weighted by molar-refractivity contribution is 0.257. The lowest BCUT2D eigenvalue weighted by atomic mass is 10.3. The molecular weight excluding hydrogens is 192 g/mol. The first-order chi connectivity index (χ1) is 6.67. The topological polar surface area (TPSA) is 6.48 Å². The molecule has 3 heteroatoms. The summed E-state index contributed by atoms with van der Waals surface area (Å²) in [5, 5.41) is 0.481. The van der Waals surface area contributed by atoms with Crippen LogP contribution in [0, 0.1) is 0 Å². The van der Waals surface area contributed by atoms with Crippen molar-refractivity contribution in [1.29, 1.82) is 0 Å². The maximum absolute atomic E-state index is 4.64. The van der Waals surface area contributed by atoms with Crippen LogP contribution in [0.15, 0.2) is 0 Å². The summed E-state index contributed by atoms with van der Waals surface area (Å²) in [6.07, 6.45) is 0. The second kappa shape index (κ2) is 8.57. The summed E-state index contributed by atoms with van der Waals surface area (Å²) >= 11 is 4.64. The Labute approximate surface area is 95.1 Å².